The van der Waals surface area contributed by atoms with E-state index in [9.17, 15) is 18.4 Å². The maximum Gasteiger partial charge on any atom is 0.234 e. The third-order valence-electron chi connectivity index (χ3n) is 4.32. The maximum atomic E-state index is 13.6. The number of ether oxygens (including phenoxy) is 1. The summed E-state index contributed by atoms with van der Waals surface area (Å²) in [4.78, 5) is 24.9. The lowest BCUT2D eigenvalue weighted by molar-refractivity contribution is -0.122. The average molecular weight is 383 g/mol. The Morgan fingerprint density at radius 3 is 2.44 bits per heavy atom. The van der Waals surface area contributed by atoms with Gasteiger partial charge in [0.2, 0.25) is 11.8 Å². The molecular weight excluding hydrogens is 356 g/mol. The van der Waals surface area contributed by atoms with Crippen LogP contribution in [0.1, 0.15) is 37.9 Å². The smallest absolute Gasteiger partial charge is 0.234 e. The van der Waals surface area contributed by atoms with Crippen LogP contribution in [0, 0.1) is 11.6 Å². The van der Waals surface area contributed by atoms with Gasteiger partial charge in [0.1, 0.15) is 11.6 Å². The van der Waals surface area contributed by atoms with Crippen molar-refractivity contribution in [1.82, 2.24) is 15.5 Å². The third kappa shape index (κ3) is 7.22. The van der Waals surface area contributed by atoms with Gasteiger partial charge in [-0.25, -0.2) is 8.78 Å². The van der Waals surface area contributed by atoms with Gasteiger partial charge >= 0.3 is 0 Å². The van der Waals surface area contributed by atoms with E-state index in [0.29, 0.717) is 37.9 Å². The van der Waals surface area contributed by atoms with E-state index in [0.717, 1.165) is 6.07 Å². The second-order valence-corrected chi connectivity index (χ2v) is 7.19. The van der Waals surface area contributed by atoms with E-state index < -0.39 is 17.7 Å². The molecule has 0 bridgehead atoms. The van der Waals surface area contributed by atoms with Crippen molar-refractivity contribution in [3.63, 3.8) is 0 Å². The first kappa shape index (κ1) is 21.2. The zero-order valence-electron chi connectivity index (χ0n) is 15.9. The minimum absolute atomic E-state index is 0.0852. The van der Waals surface area contributed by atoms with Crippen LogP contribution in [0.4, 0.5) is 8.78 Å². The van der Waals surface area contributed by atoms with Gasteiger partial charge in [-0.2, -0.15) is 0 Å². The standard InChI is InChI=1S/C19H27F2N3O3/c1-12(25)23-16-9-17(4-5-22-19(26)11-24(2)3)27-18(10-16)13-6-14(20)8-15(21)7-13/h6-8,16-18H,4-5,9-11H2,1-3H3,(H,22,26)(H,23,25)/t16-,17+,18+/m0/s1. The Hall–Kier alpha value is -2.06. The number of nitrogens with one attached hydrogen (secondary N) is 2. The van der Waals surface area contributed by atoms with Gasteiger partial charge in [-0.3, -0.25) is 9.59 Å². The molecule has 1 saturated heterocycles. The molecule has 1 aliphatic rings. The Bertz CT molecular complexity index is 649. The van der Waals surface area contributed by atoms with Crippen LogP contribution in [0.3, 0.4) is 0 Å². The second kappa shape index (κ2) is 9.75. The Kier molecular flexibility index (Phi) is 7.67. The van der Waals surface area contributed by atoms with Gasteiger partial charge in [-0.05, 0) is 51.1 Å². The molecule has 2 rings (SSSR count). The van der Waals surface area contributed by atoms with Crippen molar-refractivity contribution < 1.29 is 23.1 Å². The van der Waals surface area contributed by atoms with Crippen molar-refractivity contribution in [3.8, 4) is 0 Å². The van der Waals surface area contributed by atoms with Crippen LogP contribution in [0.25, 0.3) is 0 Å². The number of benzene rings is 1. The third-order valence-corrected chi connectivity index (χ3v) is 4.32. The van der Waals surface area contributed by atoms with Crippen molar-refractivity contribution in [2.24, 2.45) is 0 Å². The Morgan fingerprint density at radius 2 is 1.85 bits per heavy atom. The lowest BCUT2D eigenvalue weighted by Crippen LogP contribution is -2.43. The Morgan fingerprint density at radius 1 is 1.19 bits per heavy atom. The Labute approximate surface area is 158 Å². The quantitative estimate of drug-likeness (QED) is 0.753. The van der Waals surface area contributed by atoms with Crippen LogP contribution in [-0.4, -0.2) is 56.0 Å². The highest BCUT2D eigenvalue weighted by Crippen LogP contribution is 2.33. The van der Waals surface area contributed by atoms with Gasteiger partial charge < -0.3 is 20.3 Å². The molecule has 0 aromatic heterocycles. The normalized spacial score (nSPS) is 22.5. The highest BCUT2D eigenvalue weighted by atomic mass is 19.1. The first-order valence-electron chi connectivity index (χ1n) is 9.03. The van der Waals surface area contributed by atoms with Crippen molar-refractivity contribution >= 4 is 11.8 Å². The summed E-state index contributed by atoms with van der Waals surface area (Å²) in [7, 11) is 3.62. The molecule has 0 aliphatic carbocycles. The van der Waals surface area contributed by atoms with Crippen LogP contribution in [-0.2, 0) is 14.3 Å². The highest BCUT2D eigenvalue weighted by Gasteiger charge is 2.31. The molecule has 0 unspecified atom stereocenters. The number of halogens is 2. The van der Waals surface area contributed by atoms with Crippen LogP contribution >= 0.6 is 0 Å². The molecule has 2 amide bonds. The first-order valence-corrected chi connectivity index (χ1v) is 9.03. The fourth-order valence-electron chi connectivity index (χ4n) is 3.30. The summed E-state index contributed by atoms with van der Waals surface area (Å²) < 4.78 is 33.1. The number of carbonyl (C=O) groups excluding carboxylic acids is 2. The van der Waals surface area contributed by atoms with Crippen LogP contribution in [0.2, 0.25) is 0 Å². The van der Waals surface area contributed by atoms with E-state index >= 15 is 0 Å². The van der Waals surface area contributed by atoms with Gasteiger partial charge in [0, 0.05) is 25.6 Å². The van der Waals surface area contributed by atoms with E-state index in [-0.39, 0.29) is 24.0 Å². The summed E-state index contributed by atoms with van der Waals surface area (Å²) in [6, 6.07) is 3.16. The van der Waals surface area contributed by atoms with Gasteiger partial charge in [-0.15, -0.1) is 0 Å². The zero-order valence-corrected chi connectivity index (χ0v) is 15.9. The summed E-state index contributed by atoms with van der Waals surface area (Å²) in [6.45, 7) is 2.16. The van der Waals surface area contributed by atoms with Crippen molar-refractivity contribution in [2.75, 3.05) is 27.2 Å². The SMILES string of the molecule is CC(=O)N[C@H]1C[C@@H](CCNC(=O)CN(C)C)O[C@@H](c2cc(F)cc(F)c2)C1. The molecule has 150 valence electrons. The van der Waals surface area contributed by atoms with Crippen molar-refractivity contribution in [2.45, 2.75) is 44.4 Å². The van der Waals surface area contributed by atoms with Crippen molar-refractivity contribution in [1.29, 1.82) is 0 Å². The minimum atomic E-state index is -0.664. The molecule has 1 aliphatic heterocycles. The molecule has 1 aromatic carbocycles. The molecule has 0 saturated carbocycles. The van der Waals surface area contributed by atoms with E-state index in [2.05, 4.69) is 10.6 Å². The summed E-state index contributed by atoms with van der Waals surface area (Å²) in [6.07, 6.45) is 0.794. The Balaban J connectivity index is 2.01. The van der Waals surface area contributed by atoms with Gasteiger partial charge in [0.15, 0.2) is 0 Å². The van der Waals surface area contributed by atoms with Crippen LogP contribution in [0.5, 0.6) is 0 Å². The van der Waals surface area contributed by atoms with E-state index in [4.69, 9.17) is 4.74 Å². The fourth-order valence-corrected chi connectivity index (χ4v) is 3.30. The van der Waals surface area contributed by atoms with E-state index in [1.165, 1.54) is 19.1 Å². The number of hydrogen-bond acceptors (Lipinski definition) is 4. The van der Waals surface area contributed by atoms with Crippen molar-refractivity contribution in [3.05, 3.63) is 35.4 Å². The van der Waals surface area contributed by atoms with Crippen LogP contribution in [0.15, 0.2) is 18.2 Å². The number of rotatable bonds is 7. The van der Waals surface area contributed by atoms with Gasteiger partial charge in [0.25, 0.3) is 0 Å². The second-order valence-electron chi connectivity index (χ2n) is 7.19. The lowest BCUT2D eigenvalue weighted by Gasteiger charge is -2.36. The number of hydrogen-bond donors (Lipinski definition) is 2. The lowest BCUT2D eigenvalue weighted by atomic mass is 9.92. The first-order chi connectivity index (χ1) is 12.7. The van der Waals surface area contributed by atoms with Crippen LogP contribution < -0.4 is 10.6 Å². The average Bonchev–Trinajstić information content (AvgIpc) is 2.52. The molecule has 6 nitrogen and oxygen atoms in total. The minimum Gasteiger partial charge on any atom is -0.370 e. The molecule has 0 radical (unpaired) electrons. The fraction of sp³-hybridized carbons (Fsp3) is 0.579. The van der Waals surface area contributed by atoms with E-state index in [1.54, 1.807) is 4.90 Å². The number of carbonyl (C=O) groups is 2. The topological polar surface area (TPSA) is 70.7 Å². The predicted octanol–water partition coefficient (Wildman–Crippen LogP) is 1.76. The number of likely N-dealkylation sites (N-methyl/N-ethyl adjacent to an activating group) is 1. The molecule has 8 heteroatoms. The molecule has 0 spiro atoms. The number of nitrogens with zero attached hydrogens (tertiary/aromatic N) is 1. The summed E-state index contributed by atoms with van der Waals surface area (Å²) in [5.74, 6) is -1.58. The molecule has 2 N–H and O–H groups in total. The summed E-state index contributed by atoms with van der Waals surface area (Å²) >= 11 is 0. The molecular formula is C19H27F2N3O3. The summed E-state index contributed by atoms with van der Waals surface area (Å²) in [5.41, 5.74) is 0.407. The highest BCUT2D eigenvalue weighted by molar-refractivity contribution is 5.77. The molecule has 3 atom stereocenters. The number of amides is 2. The zero-order chi connectivity index (χ0) is 20.0. The monoisotopic (exact) mass is 383 g/mol. The van der Waals surface area contributed by atoms with Gasteiger partial charge in [-0.1, -0.05) is 0 Å². The largest absolute Gasteiger partial charge is 0.370 e. The maximum absolute atomic E-state index is 13.6. The molecule has 1 fully saturated rings. The molecule has 1 aromatic rings. The van der Waals surface area contributed by atoms with Gasteiger partial charge in [0.05, 0.1) is 18.8 Å². The molecule has 1 heterocycles. The predicted molar refractivity (Wildman–Crippen MR) is 97.0 cm³/mol. The summed E-state index contributed by atoms with van der Waals surface area (Å²) in [5, 5.41) is 5.69. The van der Waals surface area contributed by atoms with E-state index in [1.807, 2.05) is 14.1 Å². The molecule has 27 heavy (non-hydrogen) atoms.